The highest BCUT2D eigenvalue weighted by Gasteiger charge is 2.10. The number of hydrogen-bond acceptors (Lipinski definition) is 5. The summed E-state index contributed by atoms with van der Waals surface area (Å²) in [6, 6.07) is 9.60. The molecule has 0 radical (unpaired) electrons. The van der Waals surface area contributed by atoms with Crippen LogP contribution in [-0.2, 0) is 13.0 Å². The van der Waals surface area contributed by atoms with Crippen LogP contribution >= 0.6 is 11.3 Å². The molecule has 0 saturated carbocycles. The average Bonchev–Trinajstić information content (AvgIpc) is 2.88. The number of benzene rings is 1. The van der Waals surface area contributed by atoms with Gasteiger partial charge in [-0.05, 0) is 30.7 Å². The maximum absolute atomic E-state index is 9.07. The van der Waals surface area contributed by atoms with Gasteiger partial charge in [0.05, 0.1) is 12.8 Å². The van der Waals surface area contributed by atoms with Gasteiger partial charge < -0.3 is 9.47 Å². The van der Waals surface area contributed by atoms with E-state index in [9.17, 15) is 0 Å². The van der Waals surface area contributed by atoms with E-state index in [2.05, 4.69) is 18.0 Å². The van der Waals surface area contributed by atoms with Gasteiger partial charge in [0.25, 0.3) is 0 Å². The highest BCUT2D eigenvalue weighted by atomic mass is 32.1. The van der Waals surface area contributed by atoms with E-state index in [1.807, 2.05) is 24.3 Å². The number of nitrogens with zero attached hydrogens (tertiary/aromatic N) is 2. The molecule has 0 unspecified atom stereocenters. The molecule has 0 N–H and O–H groups in total. The highest BCUT2D eigenvalue weighted by molar-refractivity contribution is 7.12. The van der Waals surface area contributed by atoms with E-state index in [1.54, 1.807) is 7.11 Å². The summed E-state index contributed by atoms with van der Waals surface area (Å²) in [6.07, 6.45) is 1.82. The van der Waals surface area contributed by atoms with Crippen molar-refractivity contribution in [3.63, 3.8) is 0 Å². The van der Waals surface area contributed by atoms with E-state index in [-0.39, 0.29) is 0 Å². The maximum atomic E-state index is 9.07. The van der Waals surface area contributed by atoms with E-state index in [1.165, 1.54) is 11.3 Å². The molecule has 104 valence electrons. The summed E-state index contributed by atoms with van der Waals surface area (Å²) in [5.74, 6) is 1.56. The predicted molar refractivity (Wildman–Crippen MR) is 78.2 cm³/mol. The Hall–Kier alpha value is -2.06. The number of thiazole rings is 1. The van der Waals surface area contributed by atoms with Crippen LogP contribution in [0.5, 0.6) is 11.5 Å². The van der Waals surface area contributed by atoms with E-state index < -0.39 is 0 Å². The van der Waals surface area contributed by atoms with Gasteiger partial charge in [-0.1, -0.05) is 13.3 Å². The summed E-state index contributed by atoms with van der Waals surface area (Å²) in [7, 11) is 1.63. The Balaban J connectivity index is 2.01. The van der Waals surface area contributed by atoms with E-state index in [0.29, 0.717) is 11.5 Å². The molecule has 0 fully saturated rings. The van der Waals surface area contributed by atoms with Gasteiger partial charge in [0.2, 0.25) is 0 Å². The van der Waals surface area contributed by atoms with Crippen LogP contribution in [0.1, 0.15) is 28.9 Å². The highest BCUT2D eigenvalue weighted by Crippen LogP contribution is 2.22. The SMILES string of the molecule is CCCc1nc(COc2ccc(OC)cc2)sc1C#N. The van der Waals surface area contributed by atoms with E-state index in [4.69, 9.17) is 14.7 Å². The van der Waals surface area contributed by atoms with Crippen LogP contribution in [-0.4, -0.2) is 12.1 Å². The molecule has 20 heavy (non-hydrogen) atoms. The van der Waals surface area contributed by atoms with Crippen molar-refractivity contribution in [3.05, 3.63) is 39.8 Å². The van der Waals surface area contributed by atoms with Gasteiger partial charge in [-0.15, -0.1) is 11.3 Å². The van der Waals surface area contributed by atoms with E-state index in [0.717, 1.165) is 35.0 Å². The first-order valence-corrected chi connectivity index (χ1v) is 7.24. The second kappa shape index (κ2) is 6.92. The second-order valence-corrected chi connectivity index (χ2v) is 5.29. The van der Waals surface area contributed by atoms with Crippen molar-refractivity contribution in [1.82, 2.24) is 4.98 Å². The average molecular weight is 288 g/mol. The molecule has 2 aromatic rings. The van der Waals surface area contributed by atoms with Crippen LogP contribution in [0.4, 0.5) is 0 Å². The Labute approximate surface area is 122 Å². The third kappa shape index (κ3) is 3.49. The molecule has 1 heterocycles. The lowest BCUT2D eigenvalue weighted by Crippen LogP contribution is -1.95. The molecule has 0 amide bonds. The van der Waals surface area contributed by atoms with Crippen molar-refractivity contribution in [2.75, 3.05) is 7.11 Å². The lowest BCUT2D eigenvalue weighted by Gasteiger charge is -2.04. The van der Waals surface area contributed by atoms with Gasteiger partial charge in [-0.25, -0.2) is 4.98 Å². The first kappa shape index (κ1) is 14.4. The number of aryl methyl sites for hydroxylation is 1. The zero-order chi connectivity index (χ0) is 14.4. The molecule has 1 aromatic heterocycles. The Morgan fingerprint density at radius 2 is 1.95 bits per heavy atom. The number of methoxy groups -OCH3 is 1. The van der Waals surface area contributed by atoms with Crippen molar-refractivity contribution in [2.24, 2.45) is 0 Å². The third-order valence-corrected chi connectivity index (χ3v) is 3.73. The number of ether oxygens (including phenoxy) is 2. The Morgan fingerprint density at radius 1 is 1.25 bits per heavy atom. The first-order chi connectivity index (χ1) is 9.76. The molecule has 0 saturated heterocycles. The van der Waals surface area contributed by atoms with Crippen LogP contribution in [0.3, 0.4) is 0 Å². The van der Waals surface area contributed by atoms with E-state index >= 15 is 0 Å². The molecule has 4 nitrogen and oxygen atoms in total. The molecular formula is C15H16N2O2S. The van der Waals surface area contributed by atoms with Crippen molar-refractivity contribution in [1.29, 1.82) is 5.26 Å². The minimum Gasteiger partial charge on any atom is -0.497 e. The molecule has 0 aliphatic heterocycles. The number of rotatable bonds is 6. The van der Waals surface area contributed by atoms with Crippen LogP contribution in [0.15, 0.2) is 24.3 Å². The zero-order valence-electron chi connectivity index (χ0n) is 11.5. The van der Waals surface area contributed by atoms with Gasteiger partial charge >= 0.3 is 0 Å². The van der Waals surface area contributed by atoms with Gasteiger partial charge in [-0.3, -0.25) is 0 Å². The van der Waals surface area contributed by atoms with Gasteiger partial charge in [0.1, 0.15) is 34.1 Å². The summed E-state index contributed by atoms with van der Waals surface area (Å²) in [5, 5.41) is 9.90. The zero-order valence-corrected chi connectivity index (χ0v) is 12.4. The summed E-state index contributed by atoms with van der Waals surface area (Å²) >= 11 is 1.40. The normalized spacial score (nSPS) is 10.1. The smallest absolute Gasteiger partial charge is 0.140 e. The molecule has 1 aromatic carbocycles. The predicted octanol–water partition coefficient (Wildman–Crippen LogP) is 3.55. The molecule has 0 atom stereocenters. The molecule has 0 aliphatic rings. The summed E-state index contributed by atoms with van der Waals surface area (Å²) in [5.41, 5.74) is 0.883. The fraction of sp³-hybridized carbons (Fsp3) is 0.333. The minimum atomic E-state index is 0.384. The second-order valence-electron chi connectivity index (χ2n) is 4.21. The number of hydrogen-bond donors (Lipinski definition) is 0. The Kier molecular flexibility index (Phi) is 4.97. The maximum Gasteiger partial charge on any atom is 0.140 e. The molecule has 2 rings (SSSR count). The Bertz CT molecular complexity index is 599. The van der Waals surface area contributed by atoms with Crippen LogP contribution in [0.25, 0.3) is 0 Å². The monoisotopic (exact) mass is 288 g/mol. The number of nitriles is 1. The standard InChI is InChI=1S/C15H16N2O2S/c1-3-4-13-14(9-16)20-15(17-13)10-19-12-7-5-11(18-2)6-8-12/h5-8H,3-4,10H2,1-2H3. The van der Waals surface area contributed by atoms with Gasteiger partial charge in [-0.2, -0.15) is 5.26 Å². The quantitative estimate of drug-likeness (QED) is 0.815. The summed E-state index contributed by atoms with van der Waals surface area (Å²) < 4.78 is 10.8. The van der Waals surface area contributed by atoms with Gasteiger partial charge in [0, 0.05) is 0 Å². The fourth-order valence-corrected chi connectivity index (χ4v) is 2.59. The lowest BCUT2D eigenvalue weighted by atomic mass is 10.2. The fourth-order valence-electron chi connectivity index (χ4n) is 1.77. The summed E-state index contributed by atoms with van der Waals surface area (Å²) in [4.78, 5) is 5.16. The molecule has 0 aliphatic carbocycles. The molecule has 0 bridgehead atoms. The van der Waals surface area contributed by atoms with Gasteiger partial charge in [0.15, 0.2) is 0 Å². The number of aromatic nitrogens is 1. The Morgan fingerprint density at radius 3 is 2.55 bits per heavy atom. The lowest BCUT2D eigenvalue weighted by molar-refractivity contribution is 0.304. The molecule has 0 spiro atoms. The van der Waals surface area contributed by atoms with Crippen LogP contribution < -0.4 is 9.47 Å². The first-order valence-electron chi connectivity index (χ1n) is 6.42. The molecule has 5 heteroatoms. The van der Waals surface area contributed by atoms with Crippen molar-refractivity contribution in [2.45, 2.75) is 26.4 Å². The topological polar surface area (TPSA) is 55.1 Å². The van der Waals surface area contributed by atoms with Crippen LogP contribution in [0, 0.1) is 11.3 Å². The third-order valence-electron chi connectivity index (χ3n) is 2.75. The van der Waals surface area contributed by atoms with Crippen LogP contribution in [0.2, 0.25) is 0 Å². The summed E-state index contributed by atoms with van der Waals surface area (Å²) in [6.45, 7) is 2.46. The van der Waals surface area contributed by atoms with Crippen molar-refractivity contribution >= 4 is 11.3 Å². The minimum absolute atomic E-state index is 0.384. The molecular weight excluding hydrogens is 272 g/mol. The van der Waals surface area contributed by atoms with Crippen molar-refractivity contribution in [3.8, 4) is 17.6 Å². The largest absolute Gasteiger partial charge is 0.497 e. The van der Waals surface area contributed by atoms with Crippen molar-refractivity contribution < 1.29 is 9.47 Å².